The topological polar surface area (TPSA) is 101 Å². The fraction of sp³-hybridized carbons (Fsp3) is 0. The van der Waals surface area contributed by atoms with Gasteiger partial charge in [-0.3, -0.25) is 19.7 Å². The number of halogens is 3. The van der Waals surface area contributed by atoms with Gasteiger partial charge in [-0.25, -0.2) is 0 Å². The van der Waals surface area contributed by atoms with Crippen molar-refractivity contribution in [2.75, 3.05) is 5.32 Å². The molecule has 0 saturated carbocycles. The minimum absolute atomic E-state index is 0.165. The van der Waals surface area contributed by atoms with Crippen molar-refractivity contribution in [1.29, 1.82) is 0 Å². The second-order valence-electron chi connectivity index (χ2n) is 6.45. The second-order valence-corrected chi connectivity index (χ2v) is 7.73. The van der Waals surface area contributed by atoms with E-state index in [-0.39, 0.29) is 27.7 Å². The van der Waals surface area contributed by atoms with Gasteiger partial charge in [0, 0.05) is 27.7 Å². The minimum atomic E-state index is -0.698. The number of anilines is 1. The molecule has 3 aromatic rings. The van der Waals surface area contributed by atoms with E-state index in [0.29, 0.717) is 15.6 Å². The normalized spacial score (nSPS) is 11.0. The summed E-state index contributed by atoms with van der Waals surface area (Å²) in [5, 5.41) is 17.1. The largest absolute Gasteiger partial charge is 0.319 e. The standard InChI is InChI=1S/C22H14Cl3N3O4/c23-15-5-2-4-14(11-15)21(29)27-20(10-13-3-1-6-17(9-13)28(31)32)22(30)26-19-8-7-16(24)12-18(19)25/h1-12H,(H,26,30)(H,27,29)/b20-10-. The highest BCUT2D eigenvalue weighted by Gasteiger charge is 2.17. The molecular formula is C22H14Cl3N3O4. The van der Waals surface area contributed by atoms with E-state index in [2.05, 4.69) is 10.6 Å². The van der Waals surface area contributed by atoms with Gasteiger partial charge in [0.25, 0.3) is 17.5 Å². The number of nitro benzene ring substituents is 1. The van der Waals surface area contributed by atoms with Crippen molar-refractivity contribution in [2.45, 2.75) is 0 Å². The maximum Gasteiger partial charge on any atom is 0.272 e. The number of carbonyl (C=O) groups excluding carboxylic acids is 2. The first-order valence-corrected chi connectivity index (χ1v) is 10.2. The summed E-state index contributed by atoms with van der Waals surface area (Å²) in [4.78, 5) is 36.2. The molecular weight excluding hydrogens is 477 g/mol. The first kappa shape index (κ1) is 23.3. The lowest BCUT2D eigenvalue weighted by atomic mass is 10.1. The molecule has 2 N–H and O–H groups in total. The Labute approximate surface area is 197 Å². The van der Waals surface area contributed by atoms with Crippen molar-refractivity contribution in [3.8, 4) is 0 Å². The number of hydrogen-bond acceptors (Lipinski definition) is 4. The van der Waals surface area contributed by atoms with E-state index >= 15 is 0 Å². The molecule has 32 heavy (non-hydrogen) atoms. The first-order chi connectivity index (χ1) is 15.2. The van der Waals surface area contributed by atoms with Crippen molar-refractivity contribution in [1.82, 2.24) is 5.32 Å². The van der Waals surface area contributed by atoms with Crippen molar-refractivity contribution < 1.29 is 14.5 Å². The van der Waals surface area contributed by atoms with Gasteiger partial charge < -0.3 is 10.6 Å². The van der Waals surface area contributed by atoms with E-state index in [1.807, 2.05) is 0 Å². The zero-order valence-corrected chi connectivity index (χ0v) is 18.4. The van der Waals surface area contributed by atoms with Crippen LogP contribution >= 0.6 is 34.8 Å². The molecule has 7 nitrogen and oxygen atoms in total. The van der Waals surface area contributed by atoms with Gasteiger partial charge in [-0.15, -0.1) is 0 Å². The zero-order chi connectivity index (χ0) is 23.3. The van der Waals surface area contributed by atoms with Crippen LogP contribution in [0.5, 0.6) is 0 Å². The van der Waals surface area contributed by atoms with Gasteiger partial charge in [-0.05, 0) is 48.0 Å². The number of amides is 2. The molecule has 0 bridgehead atoms. The number of non-ortho nitro benzene ring substituents is 1. The molecule has 0 aliphatic heterocycles. The third kappa shape index (κ3) is 6.07. The van der Waals surface area contributed by atoms with E-state index in [1.54, 1.807) is 18.2 Å². The Morgan fingerprint density at radius 1 is 0.906 bits per heavy atom. The van der Waals surface area contributed by atoms with Gasteiger partial charge in [-0.1, -0.05) is 53.0 Å². The Bertz CT molecular complexity index is 1240. The Hall–Kier alpha value is -3.39. The van der Waals surface area contributed by atoms with Crippen LogP contribution in [0.1, 0.15) is 15.9 Å². The molecule has 0 spiro atoms. The predicted molar refractivity (Wildman–Crippen MR) is 125 cm³/mol. The van der Waals surface area contributed by atoms with Crippen LogP contribution in [-0.2, 0) is 4.79 Å². The zero-order valence-electron chi connectivity index (χ0n) is 16.1. The SMILES string of the molecule is O=C(Nc1ccc(Cl)cc1Cl)/C(=C/c1cccc([N+](=O)[O-])c1)NC(=O)c1cccc(Cl)c1. The molecule has 10 heteroatoms. The number of nitrogens with one attached hydrogen (secondary N) is 2. The van der Waals surface area contributed by atoms with Crippen LogP contribution in [-0.4, -0.2) is 16.7 Å². The molecule has 3 rings (SSSR count). The van der Waals surface area contributed by atoms with Gasteiger partial charge >= 0.3 is 0 Å². The van der Waals surface area contributed by atoms with E-state index in [9.17, 15) is 19.7 Å². The predicted octanol–water partition coefficient (Wildman–Crippen LogP) is 5.96. The van der Waals surface area contributed by atoms with Crippen LogP contribution in [0, 0.1) is 10.1 Å². The third-order valence-corrected chi connectivity index (χ3v) is 4.93. The summed E-state index contributed by atoms with van der Waals surface area (Å²) < 4.78 is 0. The average molecular weight is 491 g/mol. The summed E-state index contributed by atoms with van der Waals surface area (Å²) in [6.45, 7) is 0. The number of rotatable bonds is 6. The highest BCUT2D eigenvalue weighted by molar-refractivity contribution is 6.37. The van der Waals surface area contributed by atoms with Crippen LogP contribution in [0.3, 0.4) is 0 Å². The number of carbonyl (C=O) groups is 2. The Balaban J connectivity index is 1.96. The highest BCUT2D eigenvalue weighted by atomic mass is 35.5. The Morgan fingerprint density at radius 2 is 1.62 bits per heavy atom. The van der Waals surface area contributed by atoms with Gasteiger partial charge in [0.15, 0.2) is 0 Å². The van der Waals surface area contributed by atoms with Crippen molar-refractivity contribution in [2.24, 2.45) is 0 Å². The molecule has 3 aromatic carbocycles. The summed E-state index contributed by atoms with van der Waals surface area (Å²) in [6.07, 6.45) is 1.31. The van der Waals surface area contributed by atoms with Crippen LogP contribution in [0.4, 0.5) is 11.4 Å². The number of hydrogen-bond donors (Lipinski definition) is 2. The number of nitro groups is 1. The number of benzene rings is 3. The van der Waals surface area contributed by atoms with Crippen LogP contribution in [0.25, 0.3) is 6.08 Å². The molecule has 0 aromatic heterocycles. The fourth-order valence-electron chi connectivity index (χ4n) is 2.66. The smallest absolute Gasteiger partial charge is 0.272 e. The van der Waals surface area contributed by atoms with Crippen molar-refractivity contribution >= 4 is 64.1 Å². The van der Waals surface area contributed by atoms with Gasteiger partial charge in [0.2, 0.25) is 0 Å². The van der Waals surface area contributed by atoms with Crippen molar-refractivity contribution in [3.05, 3.63) is 109 Å². The van der Waals surface area contributed by atoms with E-state index < -0.39 is 16.7 Å². The van der Waals surface area contributed by atoms with Gasteiger partial charge in [0.1, 0.15) is 5.70 Å². The summed E-state index contributed by atoms with van der Waals surface area (Å²) in [7, 11) is 0. The summed E-state index contributed by atoms with van der Waals surface area (Å²) in [5.74, 6) is -1.29. The summed E-state index contributed by atoms with van der Waals surface area (Å²) >= 11 is 17.9. The van der Waals surface area contributed by atoms with Gasteiger partial charge in [0.05, 0.1) is 15.6 Å². The van der Waals surface area contributed by atoms with E-state index in [0.717, 1.165) is 0 Å². The lowest BCUT2D eigenvalue weighted by Crippen LogP contribution is -2.30. The van der Waals surface area contributed by atoms with Gasteiger partial charge in [-0.2, -0.15) is 0 Å². The Morgan fingerprint density at radius 3 is 2.31 bits per heavy atom. The molecule has 0 aliphatic carbocycles. The first-order valence-electron chi connectivity index (χ1n) is 9.02. The van der Waals surface area contributed by atoms with Crippen LogP contribution in [0.15, 0.2) is 72.4 Å². The second kappa shape index (κ2) is 10.3. The summed E-state index contributed by atoms with van der Waals surface area (Å²) in [6, 6.07) is 16.3. The molecule has 0 saturated heterocycles. The lowest BCUT2D eigenvalue weighted by Gasteiger charge is -2.12. The highest BCUT2D eigenvalue weighted by Crippen LogP contribution is 2.26. The monoisotopic (exact) mass is 489 g/mol. The minimum Gasteiger partial charge on any atom is -0.319 e. The third-order valence-electron chi connectivity index (χ3n) is 4.15. The molecule has 0 aliphatic rings. The van der Waals surface area contributed by atoms with Crippen LogP contribution < -0.4 is 10.6 Å². The molecule has 0 fully saturated rings. The molecule has 2 amide bonds. The maximum atomic E-state index is 13.0. The van der Waals surface area contributed by atoms with Crippen molar-refractivity contribution in [3.63, 3.8) is 0 Å². The quantitative estimate of drug-likeness (QED) is 0.253. The Kier molecular flexibility index (Phi) is 7.48. The summed E-state index contributed by atoms with van der Waals surface area (Å²) in [5.41, 5.74) is 0.489. The van der Waals surface area contributed by atoms with E-state index in [1.165, 1.54) is 54.6 Å². The molecule has 0 radical (unpaired) electrons. The average Bonchev–Trinajstić information content (AvgIpc) is 2.75. The lowest BCUT2D eigenvalue weighted by molar-refractivity contribution is -0.384. The molecule has 0 heterocycles. The fourth-order valence-corrected chi connectivity index (χ4v) is 3.30. The maximum absolute atomic E-state index is 13.0. The molecule has 0 unspecified atom stereocenters. The number of nitrogens with zero attached hydrogens (tertiary/aromatic N) is 1. The van der Waals surface area contributed by atoms with E-state index in [4.69, 9.17) is 34.8 Å². The van der Waals surface area contributed by atoms with Crippen LogP contribution in [0.2, 0.25) is 15.1 Å². The molecule has 162 valence electrons. The molecule has 0 atom stereocenters.